The van der Waals surface area contributed by atoms with Crippen molar-refractivity contribution in [3.05, 3.63) is 71.4 Å². The third-order valence-corrected chi connectivity index (χ3v) is 7.03. The van der Waals surface area contributed by atoms with Gasteiger partial charge in [-0.25, -0.2) is 4.39 Å². The predicted octanol–water partition coefficient (Wildman–Crippen LogP) is 6.80. The molecule has 4 rings (SSSR count). The van der Waals surface area contributed by atoms with Crippen LogP contribution in [-0.2, 0) is 0 Å². The van der Waals surface area contributed by atoms with Crippen LogP contribution in [0.15, 0.2) is 52.9 Å². The Morgan fingerprint density at radius 2 is 1.60 bits per heavy atom. The van der Waals surface area contributed by atoms with Crippen molar-refractivity contribution in [2.75, 3.05) is 5.32 Å². The molecule has 0 bridgehead atoms. The van der Waals surface area contributed by atoms with Crippen molar-refractivity contribution in [1.82, 2.24) is 15.5 Å². The molecule has 0 atom stereocenters. The van der Waals surface area contributed by atoms with Crippen molar-refractivity contribution in [3.8, 4) is 0 Å². The van der Waals surface area contributed by atoms with E-state index in [9.17, 15) is 9.18 Å². The normalized spacial score (nSPS) is 18.3. The molecule has 1 aliphatic carbocycles. The molecule has 1 aliphatic rings. The topological polar surface area (TPSA) is 80.0 Å². The number of carbonyl (C=O) groups excluding carboxylic acids is 1. The van der Waals surface area contributed by atoms with Crippen molar-refractivity contribution < 1.29 is 13.6 Å². The van der Waals surface area contributed by atoms with Crippen LogP contribution in [0.3, 0.4) is 0 Å². The average molecular weight is 479 g/mol. The monoisotopic (exact) mass is 478 g/mol. The van der Waals surface area contributed by atoms with E-state index in [-0.39, 0.29) is 23.6 Å². The molecule has 0 unspecified atom stereocenters. The quantitative estimate of drug-likeness (QED) is 0.372. The Kier molecular flexibility index (Phi) is 7.83. The van der Waals surface area contributed by atoms with E-state index in [1.165, 1.54) is 17.2 Å². The molecule has 2 aromatic carbocycles. The Morgan fingerprint density at radius 3 is 2.23 bits per heavy atom. The van der Waals surface area contributed by atoms with Gasteiger partial charge in [0, 0.05) is 6.04 Å². The number of nitrogens with one attached hydrogen (secondary N) is 2. The number of hydrogen-bond donors (Lipinski definition) is 2. The second kappa shape index (κ2) is 11.0. The maximum Gasteiger partial charge on any atom is 0.320 e. The lowest BCUT2D eigenvalue weighted by Gasteiger charge is -2.30. The van der Waals surface area contributed by atoms with Crippen molar-refractivity contribution in [2.45, 2.75) is 71.3 Å². The zero-order valence-electron chi connectivity index (χ0n) is 20.9. The van der Waals surface area contributed by atoms with Crippen LogP contribution in [0.4, 0.5) is 16.1 Å². The summed E-state index contributed by atoms with van der Waals surface area (Å²) in [5.74, 6) is 1.33. The lowest BCUT2D eigenvalue weighted by Crippen LogP contribution is -2.37. The van der Waals surface area contributed by atoms with Gasteiger partial charge in [-0.15, -0.1) is 5.10 Å². The summed E-state index contributed by atoms with van der Waals surface area (Å²) in [5, 5.41) is 13.3. The first-order chi connectivity index (χ1) is 16.8. The fourth-order valence-corrected chi connectivity index (χ4v) is 5.39. The van der Waals surface area contributed by atoms with Gasteiger partial charge in [0.15, 0.2) is 0 Å². The van der Waals surface area contributed by atoms with E-state index in [0.717, 1.165) is 25.7 Å². The van der Waals surface area contributed by atoms with Crippen LogP contribution in [-0.4, -0.2) is 22.1 Å². The van der Waals surface area contributed by atoms with Gasteiger partial charge in [-0.1, -0.05) is 69.2 Å². The Morgan fingerprint density at radius 1 is 0.943 bits per heavy atom. The minimum atomic E-state index is -0.442. The first-order valence-corrected chi connectivity index (χ1v) is 12.6. The second-order valence-corrected chi connectivity index (χ2v) is 10.2. The maximum absolute atomic E-state index is 13.8. The van der Waals surface area contributed by atoms with Crippen molar-refractivity contribution in [1.29, 1.82) is 0 Å². The zero-order valence-corrected chi connectivity index (χ0v) is 20.9. The van der Waals surface area contributed by atoms with Gasteiger partial charge in [-0.3, -0.25) is 4.79 Å². The number of hydrogen-bond acceptors (Lipinski definition) is 5. The Balaban J connectivity index is 1.29. The van der Waals surface area contributed by atoms with Crippen LogP contribution in [0, 0.1) is 17.7 Å². The van der Waals surface area contributed by atoms with E-state index in [1.807, 2.05) is 0 Å². The Labute approximate surface area is 206 Å². The molecule has 6 nitrogen and oxygen atoms in total. The molecule has 2 N–H and O–H groups in total. The fourth-order valence-electron chi connectivity index (χ4n) is 5.39. The maximum atomic E-state index is 13.8. The standard InChI is InChI=1S/C28H35FN4O2/c1-17(2)25(18(3)4)21-11-9-19(10-12-21)20-13-15-22(16-14-20)30-26(34)27-32-33-28(35-27)31-24-8-6-5-7-23(24)29/h5-12,17-18,20,22,25H,13-16H2,1-4H3,(H,30,34)(H,31,33). The van der Waals surface area contributed by atoms with Crippen molar-refractivity contribution >= 4 is 17.6 Å². The minimum absolute atomic E-state index is 0.0235. The largest absolute Gasteiger partial charge is 0.399 e. The average Bonchev–Trinajstić information content (AvgIpc) is 3.30. The molecule has 1 aromatic heterocycles. The summed E-state index contributed by atoms with van der Waals surface area (Å²) >= 11 is 0. The molecule has 1 fully saturated rings. The first kappa shape index (κ1) is 24.9. The number of carbonyl (C=O) groups is 1. The van der Waals surface area contributed by atoms with E-state index in [4.69, 9.17) is 4.42 Å². The lowest BCUT2D eigenvalue weighted by molar-refractivity contribution is 0.0891. The first-order valence-electron chi connectivity index (χ1n) is 12.6. The third kappa shape index (κ3) is 6.08. The lowest BCUT2D eigenvalue weighted by atomic mass is 9.78. The molecule has 1 heterocycles. The van der Waals surface area contributed by atoms with Crippen molar-refractivity contribution in [2.24, 2.45) is 11.8 Å². The number of nitrogens with zero attached hydrogens (tertiary/aromatic N) is 2. The van der Waals surface area contributed by atoms with Crippen LogP contribution in [0.1, 0.15) is 87.0 Å². The number of benzene rings is 2. The molecule has 7 heteroatoms. The van der Waals surface area contributed by atoms with Gasteiger partial charge in [-0.2, -0.15) is 0 Å². The van der Waals surface area contributed by atoms with E-state index in [0.29, 0.717) is 23.7 Å². The Bertz CT molecular complexity index is 1110. The van der Waals surface area contributed by atoms with Crippen LogP contribution < -0.4 is 10.6 Å². The molecule has 3 aromatic rings. The highest BCUT2D eigenvalue weighted by Crippen LogP contribution is 2.36. The summed E-state index contributed by atoms with van der Waals surface area (Å²) in [4.78, 5) is 12.6. The second-order valence-electron chi connectivity index (χ2n) is 10.2. The summed E-state index contributed by atoms with van der Waals surface area (Å²) < 4.78 is 19.2. The summed E-state index contributed by atoms with van der Waals surface area (Å²) in [6.45, 7) is 9.18. The van der Waals surface area contributed by atoms with Gasteiger partial charge in [0.2, 0.25) is 0 Å². The van der Waals surface area contributed by atoms with Gasteiger partial charge in [0.05, 0.1) is 5.69 Å². The molecule has 35 heavy (non-hydrogen) atoms. The summed E-state index contributed by atoms with van der Waals surface area (Å²) in [5.41, 5.74) is 3.01. The molecular formula is C28H35FN4O2. The van der Waals surface area contributed by atoms with E-state index in [1.54, 1.807) is 18.2 Å². The van der Waals surface area contributed by atoms with Crippen LogP contribution in [0.2, 0.25) is 0 Å². The molecular weight excluding hydrogens is 443 g/mol. The molecule has 1 saturated carbocycles. The van der Waals surface area contributed by atoms with Gasteiger partial charge < -0.3 is 15.1 Å². The highest BCUT2D eigenvalue weighted by Gasteiger charge is 2.26. The number of amides is 1. The van der Waals surface area contributed by atoms with Gasteiger partial charge in [-0.05, 0) is 72.6 Å². The molecule has 186 valence electrons. The molecule has 0 radical (unpaired) electrons. The Hall–Kier alpha value is -3.22. The number of halogens is 1. The van der Waals surface area contributed by atoms with Crippen molar-refractivity contribution in [3.63, 3.8) is 0 Å². The van der Waals surface area contributed by atoms with Crippen LogP contribution >= 0.6 is 0 Å². The van der Waals surface area contributed by atoms with Crippen LogP contribution in [0.5, 0.6) is 0 Å². The summed E-state index contributed by atoms with van der Waals surface area (Å²) in [6.07, 6.45) is 3.83. The molecule has 0 spiro atoms. The van der Waals surface area contributed by atoms with E-state index >= 15 is 0 Å². The predicted molar refractivity (Wildman–Crippen MR) is 135 cm³/mol. The number of rotatable bonds is 8. The van der Waals surface area contributed by atoms with Crippen LogP contribution in [0.25, 0.3) is 0 Å². The fraction of sp³-hybridized carbons (Fsp3) is 0.464. The van der Waals surface area contributed by atoms with E-state index in [2.05, 4.69) is 72.8 Å². The van der Waals surface area contributed by atoms with Gasteiger partial charge >= 0.3 is 17.8 Å². The molecule has 0 aliphatic heterocycles. The highest BCUT2D eigenvalue weighted by atomic mass is 19.1. The minimum Gasteiger partial charge on any atom is -0.399 e. The SMILES string of the molecule is CC(C)C(c1ccc(C2CCC(NC(=O)c3nnc(Nc4ccccc4F)o3)CC2)cc1)C(C)C. The zero-order chi connectivity index (χ0) is 24.9. The summed E-state index contributed by atoms with van der Waals surface area (Å²) in [6, 6.07) is 15.4. The smallest absolute Gasteiger partial charge is 0.320 e. The number of anilines is 2. The van der Waals surface area contributed by atoms with Gasteiger partial charge in [0.1, 0.15) is 5.82 Å². The highest BCUT2D eigenvalue weighted by molar-refractivity contribution is 5.89. The number of aromatic nitrogens is 2. The van der Waals surface area contributed by atoms with E-state index < -0.39 is 11.7 Å². The molecule has 0 saturated heterocycles. The third-order valence-electron chi connectivity index (χ3n) is 7.03. The molecule has 1 amide bonds. The summed E-state index contributed by atoms with van der Waals surface area (Å²) in [7, 11) is 0. The number of para-hydroxylation sites is 1. The van der Waals surface area contributed by atoms with Gasteiger partial charge in [0.25, 0.3) is 0 Å².